The van der Waals surface area contributed by atoms with Crippen LogP contribution in [0.1, 0.15) is 28.2 Å². The van der Waals surface area contributed by atoms with Gasteiger partial charge in [0.2, 0.25) is 0 Å². The Bertz CT molecular complexity index is 758. The number of hydrogen-bond donors (Lipinski definition) is 1. The molecule has 1 fully saturated rings. The lowest BCUT2D eigenvalue weighted by atomic mass is 10.1. The summed E-state index contributed by atoms with van der Waals surface area (Å²) in [6, 6.07) is 14.1. The molecule has 1 aliphatic heterocycles. The van der Waals surface area contributed by atoms with Crippen molar-refractivity contribution >= 4 is 23.2 Å². The van der Waals surface area contributed by atoms with E-state index in [9.17, 15) is 9.59 Å². The molecular formula is C20H23NO4S. The largest absolute Gasteiger partial charge is 0.479 e. The van der Waals surface area contributed by atoms with Crippen LogP contribution in [0.3, 0.4) is 0 Å². The first-order valence-electron chi connectivity index (χ1n) is 8.79. The van der Waals surface area contributed by atoms with Crippen LogP contribution in [-0.4, -0.2) is 40.6 Å². The molecule has 1 aliphatic rings. The second-order valence-corrected chi connectivity index (χ2v) is 7.91. The number of carbonyl (C=O) groups is 2. The first-order chi connectivity index (χ1) is 12.5. The van der Waals surface area contributed by atoms with Crippen molar-refractivity contribution in [3.05, 3.63) is 57.8 Å². The summed E-state index contributed by atoms with van der Waals surface area (Å²) in [6.07, 6.45) is 0.0700. The summed E-state index contributed by atoms with van der Waals surface area (Å²) in [6.45, 7) is 3.15. The molecule has 1 aromatic heterocycles. The molecule has 26 heavy (non-hydrogen) atoms. The minimum atomic E-state index is -0.995. The van der Waals surface area contributed by atoms with Crippen molar-refractivity contribution in [2.24, 2.45) is 0 Å². The molecule has 0 saturated carbocycles. The maximum Gasteiger partial charge on any atom is 0.332 e. The van der Waals surface area contributed by atoms with Gasteiger partial charge in [0.25, 0.3) is 5.91 Å². The van der Waals surface area contributed by atoms with E-state index < -0.39 is 18.2 Å². The van der Waals surface area contributed by atoms with E-state index in [2.05, 4.69) is 0 Å². The van der Waals surface area contributed by atoms with Crippen LogP contribution < -0.4 is 0 Å². The maximum absolute atomic E-state index is 13.0. The van der Waals surface area contributed by atoms with Gasteiger partial charge in [-0.15, -0.1) is 11.3 Å². The van der Waals surface area contributed by atoms with Crippen molar-refractivity contribution in [1.29, 1.82) is 0 Å². The van der Waals surface area contributed by atoms with Crippen LogP contribution in [-0.2, 0) is 27.3 Å². The number of nitrogens with zero attached hydrogens (tertiary/aromatic N) is 1. The lowest BCUT2D eigenvalue weighted by Gasteiger charge is -2.25. The van der Waals surface area contributed by atoms with Crippen LogP contribution in [0.25, 0.3) is 0 Å². The van der Waals surface area contributed by atoms with Crippen molar-refractivity contribution in [3.63, 3.8) is 0 Å². The van der Waals surface area contributed by atoms with Gasteiger partial charge in [-0.1, -0.05) is 30.3 Å². The molecule has 6 heteroatoms. The second kappa shape index (κ2) is 8.47. The van der Waals surface area contributed by atoms with E-state index in [4.69, 9.17) is 9.84 Å². The van der Waals surface area contributed by atoms with Gasteiger partial charge in [-0.3, -0.25) is 4.79 Å². The smallest absolute Gasteiger partial charge is 0.332 e. The molecule has 0 radical (unpaired) electrons. The number of benzene rings is 1. The Kier molecular flexibility index (Phi) is 6.06. The summed E-state index contributed by atoms with van der Waals surface area (Å²) in [5, 5.41) is 9.09. The standard InChI is InChI=1S/C20H23NO4S/c1-14-7-8-16(26-14)13-21(12-11-15-5-3-2-4-6-15)19(22)17-9-10-18(25-17)20(23)24/h2-8,17-18H,9-13H2,1H3,(H,23,24)/t17-,18+/m0/s1. The van der Waals surface area contributed by atoms with Gasteiger partial charge in [-0.05, 0) is 43.9 Å². The van der Waals surface area contributed by atoms with Crippen LogP contribution in [0.4, 0.5) is 0 Å². The fourth-order valence-corrected chi connectivity index (χ4v) is 4.04. The fourth-order valence-electron chi connectivity index (χ4n) is 3.14. The van der Waals surface area contributed by atoms with Gasteiger partial charge in [-0.2, -0.15) is 0 Å². The van der Waals surface area contributed by atoms with Crippen molar-refractivity contribution in [2.75, 3.05) is 6.54 Å². The molecule has 1 aromatic carbocycles. The summed E-state index contributed by atoms with van der Waals surface area (Å²) in [7, 11) is 0. The SMILES string of the molecule is Cc1ccc(CN(CCc2ccccc2)C(=O)[C@@H]2CC[C@H](C(=O)O)O2)s1. The van der Waals surface area contributed by atoms with Crippen LogP contribution in [0.15, 0.2) is 42.5 Å². The van der Waals surface area contributed by atoms with Crippen molar-refractivity contribution in [3.8, 4) is 0 Å². The number of hydrogen-bond acceptors (Lipinski definition) is 4. The quantitative estimate of drug-likeness (QED) is 0.809. The Morgan fingerprint density at radius 3 is 2.50 bits per heavy atom. The van der Waals surface area contributed by atoms with Crippen LogP contribution in [0.5, 0.6) is 0 Å². The van der Waals surface area contributed by atoms with Gasteiger partial charge in [0.1, 0.15) is 6.10 Å². The van der Waals surface area contributed by atoms with Gasteiger partial charge in [0.15, 0.2) is 6.10 Å². The first-order valence-corrected chi connectivity index (χ1v) is 9.61. The highest BCUT2D eigenvalue weighted by molar-refractivity contribution is 7.11. The van der Waals surface area contributed by atoms with Crippen molar-refractivity contribution in [1.82, 2.24) is 4.90 Å². The summed E-state index contributed by atoms with van der Waals surface area (Å²) in [5.41, 5.74) is 1.17. The molecule has 0 aliphatic carbocycles. The van der Waals surface area contributed by atoms with E-state index in [-0.39, 0.29) is 5.91 Å². The molecule has 1 N–H and O–H groups in total. The van der Waals surface area contributed by atoms with Crippen LogP contribution in [0, 0.1) is 6.92 Å². The molecule has 0 spiro atoms. The number of rotatable bonds is 7. The third-order valence-corrected chi connectivity index (χ3v) is 5.52. The van der Waals surface area contributed by atoms with E-state index >= 15 is 0 Å². The Morgan fingerprint density at radius 2 is 1.88 bits per heavy atom. The first kappa shape index (κ1) is 18.6. The molecule has 0 bridgehead atoms. The topological polar surface area (TPSA) is 66.8 Å². The molecule has 2 atom stereocenters. The predicted octanol–water partition coefficient (Wildman–Crippen LogP) is 3.26. The number of aryl methyl sites for hydroxylation is 1. The van der Waals surface area contributed by atoms with Gasteiger partial charge in [0.05, 0.1) is 6.54 Å². The third kappa shape index (κ3) is 4.71. The summed E-state index contributed by atoms with van der Waals surface area (Å²) >= 11 is 1.67. The zero-order chi connectivity index (χ0) is 18.5. The average Bonchev–Trinajstić information content (AvgIpc) is 3.28. The van der Waals surface area contributed by atoms with Crippen molar-refractivity contribution < 1.29 is 19.4 Å². The van der Waals surface area contributed by atoms with Crippen LogP contribution >= 0.6 is 11.3 Å². The maximum atomic E-state index is 13.0. The van der Waals surface area contributed by atoms with Gasteiger partial charge in [0, 0.05) is 16.3 Å². The number of thiophene rings is 1. The van der Waals surface area contributed by atoms with E-state index in [0.29, 0.717) is 25.9 Å². The summed E-state index contributed by atoms with van der Waals surface area (Å²) < 4.78 is 5.47. The third-order valence-electron chi connectivity index (χ3n) is 4.54. The van der Waals surface area contributed by atoms with Crippen molar-refractivity contribution in [2.45, 2.75) is 44.9 Å². The second-order valence-electron chi connectivity index (χ2n) is 6.54. The predicted molar refractivity (Wildman–Crippen MR) is 100 cm³/mol. The molecule has 2 heterocycles. The Morgan fingerprint density at radius 1 is 1.15 bits per heavy atom. The highest BCUT2D eigenvalue weighted by Crippen LogP contribution is 2.24. The number of ether oxygens (including phenoxy) is 1. The number of carbonyl (C=O) groups excluding carboxylic acids is 1. The zero-order valence-electron chi connectivity index (χ0n) is 14.8. The highest BCUT2D eigenvalue weighted by Gasteiger charge is 2.36. The summed E-state index contributed by atoms with van der Waals surface area (Å²) in [4.78, 5) is 28.2. The van der Waals surface area contributed by atoms with Gasteiger partial charge in [-0.25, -0.2) is 4.79 Å². The van der Waals surface area contributed by atoms with E-state index in [0.717, 1.165) is 11.3 Å². The molecule has 3 rings (SSSR count). The normalized spacial score (nSPS) is 19.4. The molecule has 1 saturated heterocycles. The molecule has 0 unspecified atom stereocenters. The number of carboxylic acids is 1. The fraction of sp³-hybridized carbons (Fsp3) is 0.400. The zero-order valence-corrected chi connectivity index (χ0v) is 15.6. The Hall–Kier alpha value is -2.18. The molecule has 2 aromatic rings. The summed E-state index contributed by atoms with van der Waals surface area (Å²) in [5.74, 6) is -1.11. The highest BCUT2D eigenvalue weighted by atomic mass is 32.1. The Balaban J connectivity index is 1.69. The average molecular weight is 373 g/mol. The van der Waals surface area contributed by atoms with E-state index in [1.807, 2.05) is 49.4 Å². The number of amides is 1. The van der Waals surface area contributed by atoms with E-state index in [1.165, 1.54) is 10.4 Å². The monoisotopic (exact) mass is 373 g/mol. The molecule has 5 nitrogen and oxygen atoms in total. The van der Waals surface area contributed by atoms with Crippen LogP contribution in [0.2, 0.25) is 0 Å². The number of aliphatic carboxylic acids is 1. The van der Waals surface area contributed by atoms with Gasteiger partial charge >= 0.3 is 5.97 Å². The lowest BCUT2D eigenvalue weighted by molar-refractivity contribution is -0.155. The van der Waals surface area contributed by atoms with E-state index in [1.54, 1.807) is 16.2 Å². The molecule has 138 valence electrons. The lowest BCUT2D eigenvalue weighted by Crippen LogP contribution is -2.40. The number of carboxylic acid groups (broad SMARTS) is 1. The molecular weight excluding hydrogens is 350 g/mol. The minimum absolute atomic E-state index is 0.115. The Labute approximate surface area is 157 Å². The minimum Gasteiger partial charge on any atom is -0.479 e. The molecule has 1 amide bonds. The van der Waals surface area contributed by atoms with Gasteiger partial charge < -0.3 is 14.7 Å².